The van der Waals surface area contributed by atoms with Gasteiger partial charge in [0, 0.05) is 33.5 Å². The summed E-state index contributed by atoms with van der Waals surface area (Å²) >= 11 is 0. The van der Waals surface area contributed by atoms with E-state index in [0.717, 1.165) is 29.9 Å². The van der Waals surface area contributed by atoms with Gasteiger partial charge in [0.15, 0.2) is 0 Å². The van der Waals surface area contributed by atoms with Crippen molar-refractivity contribution >= 4 is 50.0 Å². The minimum Gasteiger partial charge on any atom is -0.310 e. The number of allylic oxidation sites excluding steroid dienone is 4. The van der Waals surface area contributed by atoms with Gasteiger partial charge in [-0.1, -0.05) is 158 Å². The number of nitrogens with zero attached hydrogens (tertiary/aromatic N) is 2. The number of aromatic nitrogens is 1. The third-order valence-electron chi connectivity index (χ3n) is 11.1. The molecular formula is C54H40N2. The molecule has 0 atom stereocenters. The van der Waals surface area contributed by atoms with Gasteiger partial charge >= 0.3 is 0 Å². The van der Waals surface area contributed by atoms with Crippen LogP contribution in [0.2, 0.25) is 0 Å². The second kappa shape index (κ2) is 14.6. The molecule has 0 saturated heterocycles. The van der Waals surface area contributed by atoms with Gasteiger partial charge in [-0.2, -0.15) is 0 Å². The van der Waals surface area contributed by atoms with Gasteiger partial charge in [-0.05, 0) is 118 Å². The van der Waals surface area contributed by atoms with Crippen molar-refractivity contribution in [3.63, 3.8) is 0 Å². The Hall–Kier alpha value is -7.16. The second-order valence-corrected chi connectivity index (χ2v) is 14.5. The van der Waals surface area contributed by atoms with Gasteiger partial charge in [-0.3, -0.25) is 0 Å². The first-order chi connectivity index (χ1) is 27.8. The highest BCUT2D eigenvalue weighted by Crippen LogP contribution is 2.40. The van der Waals surface area contributed by atoms with E-state index in [9.17, 15) is 0 Å². The molecule has 2 heteroatoms. The summed E-state index contributed by atoms with van der Waals surface area (Å²) in [7, 11) is 0. The number of hydrogen-bond acceptors (Lipinski definition) is 1. The Balaban J connectivity index is 0.996. The van der Waals surface area contributed by atoms with E-state index in [0.29, 0.717) is 0 Å². The molecule has 10 rings (SSSR count). The van der Waals surface area contributed by atoms with Crippen molar-refractivity contribution in [1.82, 2.24) is 4.57 Å². The van der Waals surface area contributed by atoms with E-state index >= 15 is 0 Å². The van der Waals surface area contributed by atoms with Crippen LogP contribution >= 0.6 is 0 Å². The minimum atomic E-state index is 1.00. The van der Waals surface area contributed by atoms with E-state index in [1.807, 2.05) is 0 Å². The lowest BCUT2D eigenvalue weighted by Crippen LogP contribution is -2.10. The molecule has 0 radical (unpaired) electrons. The van der Waals surface area contributed by atoms with Gasteiger partial charge in [-0.25, -0.2) is 0 Å². The fourth-order valence-corrected chi connectivity index (χ4v) is 8.32. The zero-order chi connectivity index (χ0) is 37.3. The predicted molar refractivity (Wildman–Crippen MR) is 238 cm³/mol. The van der Waals surface area contributed by atoms with E-state index in [1.54, 1.807) is 0 Å². The van der Waals surface area contributed by atoms with Gasteiger partial charge in [0.2, 0.25) is 0 Å². The maximum absolute atomic E-state index is 2.40. The van der Waals surface area contributed by atoms with Crippen LogP contribution in [0.3, 0.4) is 0 Å². The molecule has 56 heavy (non-hydrogen) atoms. The van der Waals surface area contributed by atoms with Crippen LogP contribution < -0.4 is 4.90 Å². The van der Waals surface area contributed by atoms with Crippen molar-refractivity contribution in [1.29, 1.82) is 0 Å². The summed E-state index contributed by atoms with van der Waals surface area (Å²) in [5, 5.41) is 2.57. The summed E-state index contributed by atoms with van der Waals surface area (Å²) in [6.45, 7) is 0. The summed E-state index contributed by atoms with van der Waals surface area (Å²) in [6, 6.07) is 74.6. The zero-order valence-corrected chi connectivity index (χ0v) is 31.1. The van der Waals surface area contributed by atoms with E-state index in [2.05, 4.69) is 228 Å². The van der Waals surface area contributed by atoms with Crippen LogP contribution in [0.4, 0.5) is 17.1 Å². The number of rotatable bonds is 8. The standard InChI is InChI=1S/C54H40N2/c1-3-14-39(15-4-1)41-28-32-47(33-29-41)55(49-22-12-20-45(37-49)40-16-5-2-6-17-40)50-23-13-21-46(38-50)44-19-11-18-43(36-44)42-30-34-48(35-31-42)56-53-26-9-7-24-51(53)52-25-8-10-27-54(52)56/h1-10,12-17,19-38H,11,18H2. The van der Waals surface area contributed by atoms with Crippen LogP contribution in [0.15, 0.2) is 218 Å². The van der Waals surface area contributed by atoms with Gasteiger partial charge in [0.25, 0.3) is 0 Å². The predicted octanol–water partition coefficient (Wildman–Crippen LogP) is 14.8. The van der Waals surface area contributed by atoms with Crippen molar-refractivity contribution in [3.05, 3.63) is 230 Å². The van der Waals surface area contributed by atoms with E-state index < -0.39 is 0 Å². The second-order valence-electron chi connectivity index (χ2n) is 14.5. The Labute approximate surface area is 328 Å². The molecule has 2 nitrogen and oxygen atoms in total. The van der Waals surface area contributed by atoms with E-state index in [-0.39, 0.29) is 0 Å². The van der Waals surface area contributed by atoms with Crippen molar-refractivity contribution in [2.75, 3.05) is 4.90 Å². The van der Waals surface area contributed by atoms with Gasteiger partial charge < -0.3 is 9.47 Å². The van der Waals surface area contributed by atoms with Crippen LogP contribution in [0.25, 0.3) is 60.9 Å². The summed E-state index contributed by atoms with van der Waals surface area (Å²) in [6.07, 6.45) is 6.81. The number of fused-ring (bicyclic) bond motifs is 3. The third-order valence-corrected chi connectivity index (χ3v) is 11.1. The molecule has 1 heterocycles. The third kappa shape index (κ3) is 6.32. The number of hydrogen-bond donors (Lipinski definition) is 0. The maximum Gasteiger partial charge on any atom is 0.0541 e. The smallest absolute Gasteiger partial charge is 0.0541 e. The average Bonchev–Trinajstić information content (AvgIpc) is 3.62. The fraction of sp³-hybridized carbons (Fsp3) is 0.0370. The number of anilines is 3. The Bertz CT molecular complexity index is 2820. The monoisotopic (exact) mass is 716 g/mol. The number of para-hydroxylation sites is 2. The Morgan fingerprint density at radius 1 is 0.375 bits per heavy atom. The molecule has 0 N–H and O–H groups in total. The highest BCUT2D eigenvalue weighted by molar-refractivity contribution is 6.09. The summed E-state index contributed by atoms with van der Waals surface area (Å²) in [5.74, 6) is 0. The van der Waals surface area contributed by atoms with Crippen molar-refractivity contribution in [2.24, 2.45) is 0 Å². The Morgan fingerprint density at radius 2 is 0.875 bits per heavy atom. The molecular weight excluding hydrogens is 677 g/mol. The van der Waals surface area contributed by atoms with Crippen LogP contribution in [0, 0.1) is 0 Å². The summed E-state index contributed by atoms with van der Waals surface area (Å²) in [5.41, 5.74) is 16.9. The molecule has 0 unspecified atom stereocenters. The molecule has 9 aromatic rings. The molecule has 0 fully saturated rings. The molecule has 0 spiro atoms. The first-order valence-electron chi connectivity index (χ1n) is 19.5. The van der Waals surface area contributed by atoms with E-state index in [1.165, 1.54) is 72.0 Å². The maximum atomic E-state index is 2.40. The molecule has 1 aliphatic rings. The Kier molecular flexibility index (Phi) is 8.70. The van der Waals surface area contributed by atoms with Crippen molar-refractivity contribution in [3.8, 4) is 27.9 Å². The zero-order valence-electron chi connectivity index (χ0n) is 31.1. The number of benzene rings is 8. The molecule has 1 aromatic heterocycles. The topological polar surface area (TPSA) is 8.17 Å². The van der Waals surface area contributed by atoms with E-state index in [4.69, 9.17) is 0 Å². The normalized spacial score (nSPS) is 12.7. The highest BCUT2D eigenvalue weighted by Gasteiger charge is 2.17. The van der Waals surface area contributed by atoms with Crippen LogP contribution in [0.1, 0.15) is 24.0 Å². The SMILES string of the molecule is C1=C(c2cccc(N(c3ccc(-c4ccccc4)cc3)c3cccc(-c4ccccc4)c3)c2)C=C(c2ccc(-n3c4ccccc4c4ccccc43)cc2)CC1. The fourth-order valence-electron chi connectivity index (χ4n) is 8.32. The molecule has 266 valence electrons. The first kappa shape index (κ1) is 33.4. The van der Waals surface area contributed by atoms with Crippen molar-refractivity contribution < 1.29 is 0 Å². The quantitative estimate of drug-likeness (QED) is 0.152. The van der Waals surface area contributed by atoms with Crippen molar-refractivity contribution in [2.45, 2.75) is 12.8 Å². The molecule has 0 amide bonds. The van der Waals surface area contributed by atoms with Gasteiger partial charge in [0.1, 0.15) is 0 Å². The first-order valence-corrected chi connectivity index (χ1v) is 19.5. The summed E-state index contributed by atoms with van der Waals surface area (Å²) < 4.78 is 2.39. The lowest BCUT2D eigenvalue weighted by Gasteiger charge is -2.27. The van der Waals surface area contributed by atoms with Crippen LogP contribution in [-0.4, -0.2) is 4.57 Å². The molecule has 0 saturated carbocycles. The molecule has 0 aliphatic heterocycles. The molecule has 0 bridgehead atoms. The van der Waals surface area contributed by atoms with Gasteiger partial charge in [0.05, 0.1) is 11.0 Å². The lowest BCUT2D eigenvalue weighted by atomic mass is 9.90. The largest absolute Gasteiger partial charge is 0.310 e. The Morgan fingerprint density at radius 3 is 1.52 bits per heavy atom. The average molecular weight is 717 g/mol. The highest BCUT2D eigenvalue weighted by atomic mass is 15.1. The lowest BCUT2D eigenvalue weighted by molar-refractivity contribution is 1.06. The molecule has 1 aliphatic carbocycles. The van der Waals surface area contributed by atoms with Crippen LogP contribution in [-0.2, 0) is 0 Å². The van der Waals surface area contributed by atoms with Crippen LogP contribution in [0.5, 0.6) is 0 Å². The minimum absolute atomic E-state index is 1.00. The van der Waals surface area contributed by atoms with Gasteiger partial charge in [-0.15, -0.1) is 0 Å². The molecule has 8 aromatic carbocycles. The summed E-state index contributed by atoms with van der Waals surface area (Å²) in [4.78, 5) is 2.38.